The van der Waals surface area contributed by atoms with Crippen LogP contribution in [0.25, 0.3) is 0 Å². The van der Waals surface area contributed by atoms with E-state index in [0.717, 1.165) is 5.75 Å². The van der Waals surface area contributed by atoms with Gasteiger partial charge in [-0.3, -0.25) is 4.79 Å². The van der Waals surface area contributed by atoms with E-state index in [1.54, 1.807) is 38.5 Å². The van der Waals surface area contributed by atoms with Crippen LogP contribution in [0.2, 0.25) is 0 Å². The van der Waals surface area contributed by atoms with Gasteiger partial charge >= 0.3 is 0 Å². The molecule has 1 heterocycles. The van der Waals surface area contributed by atoms with Gasteiger partial charge < -0.3 is 23.9 Å². The molecule has 0 unspecified atom stereocenters. The Hall–Kier alpha value is -3.41. The van der Waals surface area contributed by atoms with Gasteiger partial charge in [0.05, 0.1) is 20.5 Å². The number of hydrogen-bond acceptors (Lipinski definition) is 5. The Labute approximate surface area is 151 Å². The van der Waals surface area contributed by atoms with Gasteiger partial charge in [-0.05, 0) is 18.2 Å². The number of carbonyl (C=O) groups is 1. The lowest BCUT2D eigenvalue weighted by Crippen LogP contribution is -2.14. The molecule has 0 aliphatic rings. The lowest BCUT2D eigenvalue weighted by Gasteiger charge is -2.10. The summed E-state index contributed by atoms with van der Waals surface area (Å²) in [5, 5.41) is 2.78. The topological polar surface area (TPSA) is 69.9 Å². The van der Waals surface area contributed by atoms with E-state index in [0.29, 0.717) is 22.7 Å². The summed E-state index contributed by atoms with van der Waals surface area (Å²) in [6.07, 6.45) is 1.46. The summed E-state index contributed by atoms with van der Waals surface area (Å²) >= 11 is 0. The normalized spacial score (nSPS) is 10.2. The standard InChI is InChI=1S/C20H19NO5/c1-23-17-10-15(11-18(12-17)24-2)21-20(22)19-14(8-9-25-19)13-26-16-6-4-3-5-7-16/h3-12H,13H2,1-2H3,(H,21,22). The second-order valence-corrected chi connectivity index (χ2v) is 5.43. The molecule has 3 rings (SSSR count). The highest BCUT2D eigenvalue weighted by molar-refractivity contribution is 6.03. The predicted molar refractivity (Wildman–Crippen MR) is 97.0 cm³/mol. The average molecular weight is 353 g/mol. The van der Waals surface area contributed by atoms with Crippen molar-refractivity contribution in [1.82, 2.24) is 0 Å². The number of carbonyl (C=O) groups excluding carboxylic acids is 1. The van der Waals surface area contributed by atoms with Gasteiger partial charge in [0.25, 0.3) is 5.91 Å². The number of anilines is 1. The van der Waals surface area contributed by atoms with Gasteiger partial charge in [-0.25, -0.2) is 0 Å². The first-order valence-electron chi connectivity index (χ1n) is 7.98. The molecule has 0 fully saturated rings. The number of furan rings is 1. The largest absolute Gasteiger partial charge is 0.497 e. The molecule has 1 amide bonds. The van der Waals surface area contributed by atoms with Crippen molar-refractivity contribution in [3.8, 4) is 17.2 Å². The summed E-state index contributed by atoms with van der Waals surface area (Å²) in [6, 6.07) is 16.2. The lowest BCUT2D eigenvalue weighted by molar-refractivity contribution is 0.0993. The second kappa shape index (κ2) is 8.11. The Morgan fingerprint density at radius 3 is 2.31 bits per heavy atom. The van der Waals surface area contributed by atoms with E-state index in [-0.39, 0.29) is 18.3 Å². The number of benzene rings is 2. The fourth-order valence-corrected chi connectivity index (χ4v) is 2.39. The van der Waals surface area contributed by atoms with E-state index >= 15 is 0 Å². The Kier molecular flexibility index (Phi) is 5.43. The fourth-order valence-electron chi connectivity index (χ4n) is 2.39. The first kappa shape index (κ1) is 17.4. The van der Waals surface area contributed by atoms with Crippen LogP contribution < -0.4 is 19.5 Å². The van der Waals surface area contributed by atoms with Crippen molar-refractivity contribution >= 4 is 11.6 Å². The second-order valence-electron chi connectivity index (χ2n) is 5.43. The third-order valence-corrected chi connectivity index (χ3v) is 3.70. The van der Waals surface area contributed by atoms with Crippen molar-refractivity contribution in [2.45, 2.75) is 6.61 Å². The van der Waals surface area contributed by atoms with Crippen LogP contribution in [0.5, 0.6) is 17.2 Å². The first-order valence-corrected chi connectivity index (χ1v) is 7.98. The molecule has 0 bridgehead atoms. The van der Waals surface area contributed by atoms with Crippen molar-refractivity contribution in [1.29, 1.82) is 0 Å². The summed E-state index contributed by atoms with van der Waals surface area (Å²) in [4.78, 5) is 12.6. The van der Waals surface area contributed by atoms with Gasteiger partial charge in [-0.15, -0.1) is 0 Å². The highest BCUT2D eigenvalue weighted by Gasteiger charge is 2.17. The molecule has 1 N–H and O–H groups in total. The first-order chi connectivity index (χ1) is 12.7. The van der Waals surface area contributed by atoms with E-state index in [9.17, 15) is 4.79 Å². The Bertz CT molecular complexity index is 851. The van der Waals surface area contributed by atoms with Gasteiger partial charge in [-0.1, -0.05) is 18.2 Å². The van der Waals surface area contributed by atoms with Crippen molar-refractivity contribution in [2.75, 3.05) is 19.5 Å². The zero-order valence-corrected chi connectivity index (χ0v) is 14.5. The fraction of sp³-hybridized carbons (Fsp3) is 0.150. The van der Waals surface area contributed by atoms with Crippen molar-refractivity contribution in [2.24, 2.45) is 0 Å². The number of rotatable bonds is 7. The summed E-state index contributed by atoms with van der Waals surface area (Å²) in [6.45, 7) is 0.227. The SMILES string of the molecule is COc1cc(NC(=O)c2occc2COc2ccccc2)cc(OC)c1. The Morgan fingerprint density at radius 2 is 1.65 bits per heavy atom. The van der Waals surface area contributed by atoms with E-state index in [4.69, 9.17) is 18.6 Å². The van der Waals surface area contributed by atoms with Crippen molar-refractivity contribution < 1.29 is 23.4 Å². The zero-order chi connectivity index (χ0) is 18.4. The van der Waals surface area contributed by atoms with E-state index in [2.05, 4.69) is 5.32 Å². The molecule has 0 aliphatic carbocycles. The van der Waals surface area contributed by atoms with Crippen LogP contribution in [-0.2, 0) is 6.61 Å². The number of methoxy groups -OCH3 is 2. The highest BCUT2D eigenvalue weighted by atomic mass is 16.5. The minimum atomic E-state index is -0.378. The van der Waals surface area contributed by atoms with Gasteiger partial charge in [-0.2, -0.15) is 0 Å². The van der Waals surface area contributed by atoms with Crippen LogP contribution in [0, 0.1) is 0 Å². The number of nitrogens with one attached hydrogen (secondary N) is 1. The van der Waals surface area contributed by atoms with E-state index in [1.165, 1.54) is 6.26 Å². The molecule has 0 saturated carbocycles. The van der Waals surface area contributed by atoms with E-state index < -0.39 is 0 Å². The monoisotopic (exact) mass is 353 g/mol. The molecular weight excluding hydrogens is 334 g/mol. The number of ether oxygens (including phenoxy) is 3. The van der Waals surface area contributed by atoms with Crippen molar-refractivity contribution in [3.05, 3.63) is 72.2 Å². The van der Waals surface area contributed by atoms with Crippen LogP contribution in [0.3, 0.4) is 0 Å². The van der Waals surface area contributed by atoms with E-state index in [1.807, 2.05) is 30.3 Å². The third kappa shape index (κ3) is 4.16. The van der Waals surface area contributed by atoms with Crippen LogP contribution >= 0.6 is 0 Å². The molecule has 1 aromatic heterocycles. The molecule has 6 nitrogen and oxygen atoms in total. The maximum absolute atomic E-state index is 12.6. The molecule has 0 saturated heterocycles. The molecular formula is C20H19NO5. The Morgan fingerprint density at radius 1 is 0.962 bits per heavy atom. The summed E-state index contributed by atoms with van der Waals surface area (Å²) in [5.74, 6) is 1.69. The smallest absolute Gasteiger partial charge is 0.291 e. The van der Waals surface area contributed by atoms with Crippen molar-refractivity contribution in [3.63, 3.8) is 0 Å². The highest BCUT2D eigenvalue weighted by Crippen LogP contribution is 2.26. The summed E-state index contributed by atoms with van der Waals surface area (Å²) < 4.78 is 21.4. The maximum Gasteiger partial charge on any atom is 0.291 e. The predicted octanol–water partition coefficient (Wildman–Crippen LogP) is 4.13. The molecule has 0 aliphatic heterocycles. The molecule has 134 valence electrons. The number of hydrogen-bond donors (Lipinski definition) is 1. The zero-order valence-electron chi connectivity index (χ0n) is 14.5. The average Bonchev–Trinajstić information content (AvgIpc) is 3.15. The van der Waals surface area contributed by atoms with Gasteiger partial charge in [0.15, 0.2) is 5.76 Å². The van der Waals surface area contributed by atoms with Crippen LogP contribution in [0.15, 0.2) is 65.3 Å². The number of amides is 1. The van der Waals surface area contributed by atoms with Crippen LogP contribution in [0.1, 0.15) is 16.1 Å². The molecule has 0 spiro atoms. The molecule has 0 radical (unpaired) electrons. The molecule has 2 aromatic carbocycles. The summed E-state index contributed by atoms with van der Waals surface area (Å²) in [5.41, 5.74) is 1.19. The number of para-hydroxylation sites is 1. The molecule has 0 atom stereocenters. The minimum absolute atomic E-state index is 0.197. The lowest BCUT2D eigenvalue weighted by atomic mass is 10.2. The van der Waals surface area contributed by atoms with Crippen LogP contribution in [0.4, 0.5) is 5.69 Å². The van der Waals surface area contributed by atoms with Gasteiger partial charge in [0, 0.05) is 29.4 Å². The van der Waals surface area contributed by atoms with Gasteiger partial charge in [0.1, 0.15) is 23.9 Å². The maximum atomic E-state index is 12.6. The van der Waals surface area contributed by atoms with Gasteiger partial charge in [0.2, 0.25) is 0 Å². The Balaban J connectivity index is 1.72. The molecule has 3 aromatic rings. The third-order valence-electron chi connectivity index (χ3n) is 3.70. The quantitative estimate of drug-likeness (QED) is 0.692. The molecule has 6 heteroatoms. The summed E-state index contributed by atoms with van der Waals surface area (Å²) in [7, 11) is 3.10. The van der Waals surface area contributed by atoms with Crippen LogP contribution in [-0.4, -0.2) is 20.1 Å². The minimum Gasteiger partial charge on any atom is -0.497 e. The molecule has 26 heavy (non-hydrogen) atoms.